The molecule has 1 rings (SSSR count). The van der Waals surface area contributed by atoms with E-state index in [1.54, 1.807) is 19.1 Å². The summed E-state index contributed by atoms with van der Waals surface area (Å²) in [5, 5.41) is 22.8. The molecule has 1 aromatic carbocycles. The molecule has 0 atom stereocenters. The molecule has 0 saturated carbocycles. The maximum absolute atomic E-state index is 11.7. The number of hydrogen-bond acceptors (Lipinski definition) is 6. The number of alkyl carbamates (subject to hydrolysis) is 1. The van der Waals surface area contributed by atoms with Crippen molar-refractivity contribution in [3.8, 4) is 12.1 Å². The van der Waals surface area contributed by atoms with E-state index in [-0.39, 0.29) is 17.7 Å². The number of carbonyl (C=O) groups excluding carboxylic acids is 2. The molecule has 2 N–H and O–H groups in total. The van der Waals surface area contributed by atoms with Crippen LogP contribution in [0.5, 0.6) is 0 Å². The molecule has 22 heavy (non-hydrogen) atoms. The second-order valence-electron chi connectivity index (χ2n) is 3.79. The van der Waals surface area contributed by atoms with E-state index in [0.29, 0.717) is 10.7 Å². The molecule has 0 saturated heterocycles. The fourth-order valence-electron chi connectivity index (χ4n) is 1.36. The van der Waals surface area contributed by atoms with Gasteiger partial charge in [-0.25, -0.2) is 4.79 Å². The van der Waals surface area contributed by atoms with Gasteiger partial charge >= 0.3 is 6.09 Å². The van der Waals surface area contributed by atoms with Crippen LogP contribution < -0.4 is 10.6 Å². The van der Waals surface area contributed by atoms with E-state index in [1.165, 1.54) is 12.1 Å². The number of halogens is 1. The van der Waals surface area contributed by atoms with E-state index in [4.69, 9.17) is 22.1 Å². The first-order chi connectivity index (χ1) is 10.5. The summed E-state index contributed by atoms with van der Waals surface area (Å²) in [7, 11) is 0. The summed E-state index contributed by atoms with van der Waals surface area (Å²) in [6.07, 6.45) is 0.136. The molecular weight excluding hydrogens is 308 g/mol. The first-order valence-electron chi connectivity index (χ1n) is 6.06. The van der Waals surface area contributed by atoms with Gasteiger partial charge in [-0.05, 0) is 25.1 Å². The number of anilines is 1. The molecule has 0 radical (unpaired) electrons. The normalized spacial score (nSPS) is 10.1. The topological polar surface area (TPSA) is 115 Å². The lowest BCUT2D eigenvalue weighted by molar-refractivity contribution is -0.116. The highest BCUT2D eigenvalue weighted by Gasteiger charge is 2.13. The van der Waals surface area contributed by atoms with Crippen LogP contribution in [0.1, 0.15) is 12.5 Å². The summed E-state index contributed by atoms with van der Waals surface area (Å²) in [4.78, 5) is 22.8. The van der Waals surface area contributed by atoms with Crippen LogP contribution in [0.4, 0.5) is 10.5 Å². The zero-order valence-corrected chi connectivity index (χ0v) is 12.3. The van der Waals surface area contributed by atoms with Crippen LogP contribution in [0.3, 0.4) is 0 Å². The number of ether oxygens (including phenoxy) is 1. The van der Waals surface area contributed by atoms with Crippen LogP contribution in [0.2, 0.25) is 5.02 Å². The molecule has 0 spiro atoms. The Labute approximate surface area is 131 Å². The maximum atomic E-state index is 11.7. The lowest BCUT2D eigenvalue weighted by Gasteiger charge is -2.06. The second kappa shape index (κ2) is 8.30. The lowest BCUT2D eigenvalue weighted by atomic mass is 10.2. The van der Waals surface area contributed by atoms with Gasteiger partial charge in [0.05, 0.1) is 17.9 Å². The first kappa shape index (κ1) is 17.0. The lowest BCUT2D eigenvalue weighted by Crippen LogP contribution is -2.32. The number of hydrogen-bond donors (Lipinski definition) is 2. The zero-order valence-electron chi connectivity index (χ0n) is 11.5. The molecule has 0 aliphatic rings. The van der Waals surface area contributed by atoms with Crippen LogP contribution in [-0.4, -0.2) is 18.6 Å². The molecule has 0 aliphatic carbocycles. The fourth-order valence-corrected chi connectivity index (χ4v) is 1.53. The van der Waals surface area contributed by atoms with Gasteiger partial charge in [-0.15, -0.1) is 0 Å². The number of carbonyl (C=O) groups is 2. The van der Waals surface area contributed by atoms with Crippen molar-refractivity contribution in [3.05, 3.63) is 40.6 Å². The minimum absolute atomic E-state index is 0.0965. The number of nitrogens with one attached hydrogen (secondary N) is 2. The first-order valence-corrected chi connectivity index (χ1v) is 6.44. The van der Waals surface area contributed by atoms with Gasteiger partial charge in [0.1, 0.15) is 17.7 Å². The van der Waals surface area contributed by atoms with Crippen LogP contribution in [0.25, 0.3) is 0 Å². The van der Waals surface area contributed by atoms with Gasteiger partial charge in [-0.1, -0.05) is 11.6 Å². The predicted octanol–water partition coefficient (Wildman–Crippen LogP) is 2.30. The van der Waals surface area contributed by atoms with Crippen LogP contribution in [0.15, 0.2) is 30.0 Å². The molecule has 8 heteroatoms. The molecule has 7 nitrogen and oxygen atoms in total. The summed E-state index contributed by atoms with van der Waals surface area (Å²) in [5.41, 5.74) is 0.252. The number of imide groups is 1. The van der Waals surface area contributed by atoms with Gasteiger partial charge in [-0.2, -0.15) is 10.5 Å². The molecule has 0 aromatic heterocycles. The third kappa shape index (κ3) is 4.82. The van der Waals surface area contributed by atoms with Gasteiger partial charge in [0.25, 0.3) is 5.91 Å². The molecular formula is C14H11ClN4O3. The third-order valence-electron chi connectivity index (χ3n) is 2.33. The van der Waals surface area contributed by atoms with Gasteiger partial charge in [0, 0.05) is 11.2 Å². The van der Waals surface area contributed by atoms with Crippen molar-refractivity contribution in [1.29, 1.82) is 10.5 Å². The molecule has 0 fully saturated rings. The average Bonchev–Trinajstić information content (AvgIpc) is 2.49. The van der Waals surface area contributed by atoms with Gasteiger partial charge in [0.2, 0.25) is 0 Å². The minimum Gasteiger partial charge on any atom is -0.450 e. The fraction of sp³-hybridized carbons (Fsp3) is 0.143. The van der Waals surface area contributed by atoms with Crippen LogP contribution in [-0.2, 0) is 9.53 Å². The van der Waals surface area contributed by atoms with E-state index in [2.05, 4.69) is 10.1 Å². The molecule has 0 aliphatic heterocycles. The SMILES string of the molecule is CCOC(=O)NC(=O)C(C#N)=CNc1ccc(Cl)cc1C#N. The van der Waals surface area contributed by atoms with Crippen molar-refractivity contribution in [3.63, 3.8) is 0 Å². The van der Waals surface area contributed by atoms with Crippen molar-refractivity contribution in [2.45, 2.75) is 6.92 Å². The highest BCUT2D eigenvalue weighted by Crippen LogP contribution is 2.20. The number of nitriles is 2. The predicted molar refractivity (Wildman–Crippen MR) is 78.7 cm³/mol. The smallest absolute Gasteiger partial charge is 0.414 e. The Hall–Kier alpha value is -3.03. The van der Waals surface area contributed by atoms with Gasteiger partial charge < -0.3 is 10.1 Å². The van der Waals surface area contributed by atoms with E-state index < -0.39 is 12.0 Å². The minimum atomic E-state index is -0.946. The Morgan fingerprint density at radius 2 is 2.14 bits per heavy atom. The Morgan fingerprint density at radius 3 is 2.73 bits per heavy atom. The zero-order chi connectivity index (χ0) is 16.5. The summed E-state index contributed by atoms with van der Waals surface area (Å²) >= 11 is 5.76. The quantitative estimate of drug-likeness (QED) is 0.650. The highest BCUT2D eigenvalue weighted by atomic mass is 35.5. The van der Waals surface area contributed by atoms with Crippen LogP contribution >= 0.6 is 11.6 Å². The Kier molecular flexibility index (Phi) is 6.42. The molecule has 0 unspecified atom stereocenters. The van der Waals surface area contributed by atoms with Crippen molar-refractivity contribution in [2.75, 3.05) is 11.9 Å². The Bertz CT molecular complexity index is 701. The Morgan fingerprint density at radius 1 is 1.41 bits per heavy atom. The summed E-state index contributed by atoms with van der Waals surface area (Å²) in [5.74, 6) is -0.916. The number of benzene rings is 1. The number of rotatable bonds is 4. The highest BCUT2D eigenvalue weighted by molar-refractivity contribution is 6.30. The van der Waals surface area contributed by atoms with Crippen molar-refractivity contribution in [2.24, 2.45) is 0 Å². The number of amides is 2. The molecule has 1 aromatic rings. The second-order valence-corrected chi connectivity index (χ2v) is 4.23. The van der Waals surface area contributed by atoms with Crippen molar-refractivity contribution in [1.82, 2.24) is 5.32 Å². The standard InChI is InChI=1S/C14H11ClN4O3/c1-2-22-14(21)19-13(20)10(7-17)8-18-12-4-3-11(15)5-9(12)6-16/h3-5,8,18H,2H2,1H3,(H,19,20,21). The van der Waals surface area contributed by atoms with E-state index in [0.717, 1.165) is 6.20 Å². The molecule has 112 valence electrons. The van der Waals surface area contributed by atoms with Crippen molar-refractivity contribution < 1.29 is 14.3 Å². The van der Waals surface area contributed by atoms with Gasteiger partial charge in [-0.3, -0.25) is 10.1 Å². The largest absolute Gasteiger partial charge is 0.450 e. The van der Waals surface area contributed by atoms with E-state index in [9.17, 15) is 9.59 Å². The monoisotopic (exact) mass is 318 g/mol. The van der Waals surface area contributed by atoms with Crippen LogP contribution in [0, 0.1) is 22.7 Å². The van der Waals surface area contributed by atoms with E-state index in [1.807, 2.05) is 11.4 Å². The Balaban J connectivity index is 2.87. The molecule has 0 heterocycles. The van der Waals surface area contributed by atoms with E-state index >= 15 is 0 Å². The third-order valence-corrected chi connectivity index (χ3v) is 2.57. The molecule has 2 amide bonds. The van der Waals surface area contributed by atoms with Crippen molar-refractivity contribution >= 4 is 29.3 Å². The average molecular weight is 319 g/mol. The van der Waals surface area contributed by atoms with Gasteiger partial charge in [0.15, 0.2) is 0 Å². The molecule has 0 bridgehead atoms. The summed E-state index contributed by atoms with van der Waals surface area (Å²) < 4.78 is 4.53. The summed E-state index contributed by atoms with van der Waals surface area (Å²) in [6.45, 7) is 1.68. The summed E-state index contributed by atoms with van der Waals surface area (Å²) in [6, 6.07) is 8.06. The maximum Gasteiger partial charge on any atom is 0.414 e. The number of nitrogens with zero attached hydrogens (tertiary/aromatic N) is 2.